The molecule has 4 atom stereocenters. The molecule has 7 nitrogen and oxygen atoms in total. The molecule has 132 valence electrons. The summed E-state index contributed by atoms with van der Waals surface area (Å²) in [6.07, 6.45) is 1.31. The van der Waals surface area contributed by atoms with E-state index in [1.165, 1.54) is 0 Å². The molecule has 0 aliphatic heterocycles. The molecule has 1 rings (SSSR count). The van der Waals surface area contributed by atoms with Gasteiger partial charge in [0.1, 0.15) is 5.78 Å². The van der Waals surface area contributed by atoms with Crippen LogP contribution in [0.4, 0.5) is 0 Å². The first-order valence-corrected chi connectivity index (χ1v) is 8.12. The van der Waals surface area contributed by atoms with Crippen molar-refractivity contribution >= 4 is 17.7 Å². The standard InChI is InChI=1S/C16H26O7/c17-10(6-8-16(22)23)5-7-12-11(13(18)9-14(12)19)3-1-2-4-15(20)21/h11-14,18-19H,1-9H2,(H,20,21)(H,22,23). The summed E-state index contributed by atoms with van der Waals surface area (Å²) in [6, 6.07) is 0. The first-order valence-electron chi connectivity index (χ1n) is 8.12. The number of hydrogen-bond acceptors (Lipinski definition) is 5. The van der Waals surface area contributed by atoms with Gasteiger partial charge in [0.05, 0.1) is 18.6 Å². The number of carbonyl (C=O) groups is 3. The van der Waals surface area contributed by atoms with Gasteiger partial charge < -0.3 is 20.4 Å². The number of hydrogen-bond donors (Lipinski definition) is 4. The van der Waals surface area contributed by atoms with Gasteiger partial charge in [-0.05, 0) is 37.5 Å². The van der Waals surface area contributed by atoms with Crippen LogP contribution in [0, 0.1) is 11.8 Å². The van der Waals surface area contributed by atoms with Crippen LogP contribution in [0.15, 0.2) is 0 Å². The molecule has 0 aromatic carbocycles. The summed E-state index contributed by atoms with van der Waals surface area (Å²) in [4.78, 5) is 32.6. The molecule has 0 aromatic rings. The molecule has 0 heterocycles. The van der Waals surface area contributed by atoms with Gasteiger partial charge in [0, 0.05) is 19.3 Å². The summed E-state index contributed by atoms with van der Waals surface area (Å²) in [5.41, 5.74) is 0. The molecule has 0 spiro atoms. The average molecular weight is 330 g/mol. The number of Topliss-reactive ketones (excluding diaryl/α,β-unsaturated/α-hetero) is 1. The zero-order valence-corrected chi connectivity index (χ0v) is 13.2. The van der Waals surface area contributed by atoms with Gasteiger partial charge in [-0.2, -0.15) is 0 Å². The molecule has 0 bridgehead atoms. The highest BCUT2D eigenvalue weighted by atomic mass is 16.4. The van der Waals surface area contributed by atoms with Crippen molar-refractivity contribution in [2.75, 3.05) is 0 Å². The molecule has 1 saturated carbocycles. The third-order valence-electron chi connectivity index (χ3n) is 4.57. The number of carboxylic acids is 2. The highest BCUT2D eigenvalue weighted by Crippen LogP contribution is 2.39. The van der Waals surface area contributed by atoms with Crippen LogP contribution >= 0.6 is 0 Å². The Balaban J connectivity index is 2.41. The van der Waals surface area contributed by atoms with Gasteiger partial charge in [-0.25, -0.2) is 0 Å². The smallest absolute Gasteiger partial charge is 0.303 e. The van der Waals surface area contributed by atoms with Crippen molar-refractivity contribution in [1.29, 1.82) is 0 Å². The maximum Gasteiger partial charge on any atom is 0.303 e. The predicted octanol–water partition coefficient (Wildman–Crippen LogP) is 1.20. The Morgan fingerprint density at radius 3 is 1.87 bits per heavy atom. The Morgan fingerprint density at radius 2 is 1.30 bits per heavy atom. The van der Waals surface area contributed by atoms with E-state index in [1.807, 2.05) is 0 Å². The molecule has 1 fully saturated rings. The number of rotatable bonds is 11. The molecule has 7 heteroatoms. The van der Waals surface area contributed by atoms with E-state index in [4.69, 9.17) is 10.2 Å². The molecule has 4 unspecified atom stereocenters. The zero-order valence-electron chi connectivity index (χ0n) is 13.2. The minimum atomic E-state index is -1.01. The van der Waals surface area contributed by atoms with E-state index in [9.17, 15) is 24.6 Å². The molecule has 4 N–H and O–H groups in total. The van der Waals surface area contributed by atoms with Crippen molar-refractivity contribution in [2.45, 2.75) is 70.0 Å². The van der Waals surface area contributed by atoms with Gasteiger partial charge in [0.25, 0.3) is 0 Å². The number of unbranched alkanes of at least 4 members (excludes halogenated alkanes) is 1. The lowest BCUT2D eigenvalue weighted by molar-refractivity contribution is -0.138. The largest absolute Gasteiger partial charge is 0.481 e. The van der Waals surface area contributed by atoms with Crippen LogP contribution in [0.2, 0.25) is 0 Å². The predicted molar refractivity (Wildman–Crippen MR) is 80.8 cm³/mol. The van der Waals surface area contributed by atoms with Crippen LogP contribution in [-0.4, -0.2) is 50.4 Å². The highest BCUT2D eigenvalue weighted by Gasteiger charge is 2.40. The van der Waals surface area contributed by atoms with Crippen LogP contribution in [0.3, 0.4) is 0 Å². The second kappa shape index (κ2) is 9.62. The quantitative estimate of drug-likeness (QED) is 0.418. The average Bonchev–Trinajstić information content (AvgIpc) is 2.72. The SMILES string of the molecule is O=C(O)CCCCC1C(O)CC(O)C1CCC(=O)CCC(=O)O. The summed E-state index contributed by atoms with van der Waals surface area (Å²) < 4.78 is 0. The Labute approximate surface area is 135 Å². The fourth-order valence-corrected chi connectivity index (χ4v) is 3.34. The van der Waals surface area contributed by atoms with Crippen LogP contribution < -0.4 is 0 Å². The van der Waals surface area contributed by atoms with Crippen molar-refractivity contribution in [3.63, 3.8) is 0 Å². The van der Waals surface area contributed by atoms with Crippen LogP contribution in [-0.2, 0) is 14.4 Å². The minimum absolute atomic E-state index is 0.00994. The maximum absolute atomic E-state index is 11.7. The van der Waals surface area contributed by atoms with Gasteiger partial charge in [0.2, 0.25) is 0 Å². The first kappa shape index (κ1) is 19.6. The minimum Gasteiger partial charge on any atom is -0.481 e. The Kier molecular flexibility index (Phi) is 8.19. The molecular formula is C16H26O7. The number of carbonyl (C=O) groups excluding carboxylic acids is 1. The molecule has 1 aliphatic carbocycles. The monoisotopic (exact) mass is 330 g/mol. The fourth-order valence-electron chi connectivity index (χ4n) is 3.34. The van der Waals surface area contributed by atoms with Gasteiger partial charge in [0.15, 0.2) is 0 Å². The van der Waals surface area contributed by atoms with Crippen molar-refractivity contribution in [3.8, 4) is 0 Å². The van der Waals surface area contributed by atoms with Crippen molar-refractivity contribution in [3.05, 3.63) is 0 Å². The summed E-state index contributed by atoms with van der Waals surface area (Å²) in [7, 11) is 0. The van der Waals surface area contributed by atoms with E-state index >= 15 is 0 Å². The fraction of sp³-hybridized carbons (Fsp3) is 0.812. The van der Waals surface area contributed by atoms with E-state index in [0.717, 1.165) is 0 Å². The number of aliphatic carboxylic acids is 2. The van der Waals surface area contributed by atoms with Gasteiger partial charge in [-0.15, -0.1) is 0 Å². The summed E-state index contributed by atoms with van der Waals surface area (Å²) in [5, 5.41) is 37.3. The number of ketones is 1. The molecule has 0 aromatic heterocycles. The Bertz CT molecular complexity index is 421. The lowest BCUT2D eigenvalue weighted by Gasteiger charge is -2.23. The Morgan fingerprint density at radius 1 is 0.739 bits per heavy atom. The number of aliphatic hydroxyl groups is 2. The summed E-state index contributed by atoms with van der Waals surface area (Å²) in [6.45, 7) is 0. The van der Waals surface area contributed by atoms with Crippen LogP contribution in [0.1, 0.15) is 57.8 Å². The topological polar surface area (TPSA) is 132 Å². The van der Waals surface area contributed by atoms with Gasteiger partial charge >= 0.3 is 11.9 Å². The van der Waals surface area contributed by atoms with E-state index in [1.54, 1.807) is 0 Å². The lowest BCUT2D eigenvalue weighted by Crippen LogP contribution is -2.23. The van der Waals surface area contributed by atoms with Crippen LogP contribution in [0.5, 0.6) is 0 Å². The normalized spacial score (nSPS) is 27.0. The van der Waals surface area contributed by atoms with Gasteiger partial charge in [-0.1, -0.05) is 6.42 Å². The highest BCUT2D eigenvalue weighted by molar-refractivity contribution is 5.82. The molecule has 0 saturated heterocycles. The third kappa shape index (κ3) is 7.09. The lowest BCUT2D eigenvalue weighted by atomic mass is 9.85. The summed E-state index contributed by atoms with van der Waals surface area (Å²) in [5.74, 6) is -2.33. The van der Waals surface area contributed by atoms with Crippen molar-refractivity contribution in [1.82, 2.24) is 0 Å². The second-order valence-corrected chi connectivity index (χ2v) is 6.31. The number of carboxylic acid groups (broad SMARTS) is 2. The van der Waals surface area contributed by atoms with Crippen molar-refractivity contribution < 1.29 is 34.8 Å². The molecule has 0 radical (unpaired) electrons. The summed E-state index contributed by atoms with van der Waals surface area (Å²) >= 11 is 0. The molecule has 1 aliphatic rings. The molecule has 23 heavy (non-hydrogen) atoms. The molecular weight excluding hydrogens is 304 g/mol. The molecule has 0 amide bonds. The van der Waals surface area contributed by atoms with E-state index in [2.05, 4.69) is 0 Å². The van der Waals surface area contributed by atoms with Gasteiger partial charge in [-0.3, -0.25) is 14.4 Å². The Hall–Kier alpha value is -1.47. The van der Waals surface area contributed by atoms with Crippen LogP contribution in [0.25, 0.3) is 0 Å². The van der Waals surface area contributed by atoms with Crippen molar-refractivity contribution in [2.24, 2.45) is 11.8 Å². The first-order chi connectivity index (χ1) is 10.8. The zero-order chi connectivity index (χ0) is 17.4. The van der Waals surface area contributed by atoms with E-state index in [0.29, 0.717) is 25.7 Å². The van der Waals surface area contributed by atoms with E-state index in [-0.39, 0.29) is 49.7 Å². The van der Waals surface area contributed by atoms with E-state index < -0.39 is 24.1 Å². The second-order valence-electron chi connectivity index (χ2n) is 6.31. The number of aliphatic hydroxyl groups excluding tert-OH is 2. The third-order valence-corrected chi connectivity index (χ3v) is 4.57. The maximum atomic E-state index is 11.7.